The Morgan fingerprint density at radius 3 is 2.54 bits per heavy atom. The van der Waals surface area contributed by atoms with Gasteiger partial charge in [0.25, 0.3) is 11.8 Å². The van der Waals surface area contributed by atoms with E-state index in [1.54, 1.807) is 65.7 Å². The summed E-state index contributed by atoms with van der Waals surface area (Å²) in [5.74, 6) is -2.65. The predicted molar refractivity (Wildman–Crippen MR) is 147 cm³/mol. The van der Waals surface area contributed by atoms with Crippen LogP contribution < -0.4 is 11.2 Å². The molecule has 39 heavy (non-hydrogen) atoms. The molecule has 1 aliphatic carbocycles. The summed E-state index contributed by atoms with van der Waals surface area (Å²) in [5, 5.41) is 0.730. The Labute approximate surface area is 236 Å². The van der Waals surface area contributed by atoms with Crippen LogP contribution in [0.3, 0.4) is 0 Å². The number of amides is 3. The first-order valence-electron chi connectivity index (χ1n) is 12.8. The molecule has 2 heterocycles. The molecule has 1 aromatic heterocycles. The van der Waals surface area contributed by atoms with Crippen LogP contribution in [0.25, 0.3) is 0 Å². The smallest absolute Gasteiger partial charge is 0.254 e. The molecule has 0 bridgehead atoms. The molecule has 0 spiro atoms. The minimum absolute atomic E-state index is 0.0579. The summed E-state index contributed by atoms with van der Waals surface area (Å²) >= 11 is 12.9. The van der Waals surface area contributed by atoms with Crippen LogP contribution in [0, 0.1) is 5.92 Å². The fourth-order valence-electron chi connectivity index (χ4n) is 5.78. The van der Waals surface area contributed by atoms with Gasteiger partial charge in [0.1, 0.15) is 6.61 Å². The molecule has 202 valence electrons. The molecule has 1 saturated carbocycles. The van der Waals surface area contributed by atoms with Crippen LogP contribution >= 0.6 is 23.2 Å². The third-order valence-corrected chi connectivity index (χ3v) is 8.07. The molecule has 2 aliphatic rings. The zero-order valence-corrected chi connectivity index (χ0v) is 22.6. The van der Waals surface area contributed by atoms with Crippen molar-refractivity contribution in [3.8, 4) is 0 Å². The van der Waals surface area contributed by atoms with Crippen molar-refractivity contribution in [2.24, 2.45) is 11.7 Å². The number of fused-ring (bicyclic) bond motifs is 1. The molecule has 5 rings (SSSR count). The van der Waals surface area contributed by atoms with Gasteiger partial charge in [0.05, 0.1) is 23.6 Å². The summed E-state index contributed by atoms with van der Waals surface area (Å²) in [5.41, 5.74) is 10.5. The van der Waals surface area contributed by atoms with Crippen molar-refractivity contribution in [2.45, 2.75) is 50.3 Å². The summed E-state index contributed by atoms with van der Waals surface area (Å²) in [4.78, 5) is 52.0. The zero-order valence-electron chi connectivity index (χ0n) is 21.1. The predicted octanol–water partition coefficient (Wildman–Crippen LogP) is 4.96. The van der Waals surface area contributed by atoms with Gasteiger partial charge in [-0.25, -0.2) is 5.48 Å². The van der Waals surface area contributed by atoms with Crippen LogP contribution in [0.1, 0.15) is 64.8 Å². The molecule has 3 amide bonds. The van der Waals surface area contributed by atoms with Crippen molar-refractivity contribution in [3.63, 3.8) is 0 Å². The number of aromatic nitrogens is 1. The van der Waals surface area contributed by atoms with Crippen molar-refractivity contribution < 1.29 is 19.2 Å². The van der Waals surface area contributed by atoms with Crippen LogP contribution in [0.2, 0.25) is 10.0 Å². The zero-order chi connectivity index (χ0) is 27.5. The van der Waals surface area contributed by atoms with E-state index in [0.29, 0.717) is 45.3 Å². The van der Waals surface area contributed by atoms with Crippen molar-refractivity contribution >= 4 is 40.9 Å². The molecule has 3 N–H and O–H groups in total. The third-order valence-electron chi connectivity index (χ3n) is 7.51. The van der Waals surface area contributed by atoms with E-state index in [0.717, 1.165) is 12.8 Å². The molecule has 0 saturated heterocycles. The number of nitrogens with zero attached hydrogens (tertiary/aromatic N) is 2. The number of primary amides is 1. The van der Waals surface area contributed by atoms with Crippen LogP contribution in [-0.2, 0) is 21.0 Å². The number of carbonyl (C=O) groups is 3. The Balaban J connectivity index is 1.60. The average Bonchev–Trinajstić information content (AvgIpc) is 2.93. The topological polar surface area (TPSA) is 115 Å². The van der Waals surface area contributed by atoms with Crippen molar-refractivity contribution in [2.75, 3.05) is 0 Å². The number of carbonyl (C=O) groups excluding carboxylic acids is 3. The standard InChI is InChI=1S/C29H28Cl2N4O4/c30-17-12-13-21(23(31)15-17)26-25(28(37)34-39-16-18-7-5-6-14-33-18)19-8-1-2-9-20(19)29(38)35(26)24-11-4-3-10-22(24)27(32)36/h1-2,5-9,12-15,22,24-26H,3-4,10-11,16H2,(H2,32,36)(H,34,37)/t22-,24?,25?,26?/m0/s1. The molecular formula is C29H28Cl2N4O4. The van der Waals surface area contributed by atoms with Gasteiger partial charge in [-0.2, -0.15) is 0 Å². The van der Waals surface area contributed by atoms with Gasteiger partial charge in [-0.05, 0) is 54.3 Å². The first kappa shape index (κ1) is 27.1. The Morgan fingerprint density at radius 2 is 1.79 bits per heavy atom. The van der Waals surface area contributed by atoms with Gasteiger partial charge in [-0.15, -0.1) is 0 Å². The molecule has 1 aliphatic heterocycles. The van der Waals surface area contributed by atoms with Gasteiger partial charge >= 0.3 is 0 Å². The second-order valence-corrected chi connectivity index (χ2v) is 10.7. The Hall–Kier alpha value is -3.46. The fourth-order valence-corrected chi connectivity index (χ4v) is 6.30. The number of hydrogen-bond acceptors (Lipinski definition) is 5. The first-order valence-corrected chi connectivity index (χ1v) is 13.6. The van der Waals surface area contributed by atoms with Crippen LogP contribution in [-0.4, -0.2) is 33.6 Å². The molecule has 3 unspecified atom stereocenters. The number of halogens is 2. The number of pyridine rings is 1. The number of hydrogen-bond donors (Lipinski definition) is 2. The fraction of sp³-hybridized carbons (Fsp3) is 0.310. The quantitative estimate of drug-likeness (QED) is 0.392. The minimum atomic E-state index is -0.892. The van der Waals surface area contributed by atoms with E-state index < -0.39 is 35.7 Å². The van der Waals surface area contributed by atoms with Crippen LogP contribution in [0.4, 0.5) is 0 Å². The highest BCUT2D eigenvalue weighted by Crippen LogP contribution is 2.48. The summed E-state index contributed by atoms with van der Waals surface area (Å²) in [6.07, 6.45) is 4.44. The summed E-state index contributed by atoms with van der Waals surface area (Å²) < 4.78 is 0. The maximum Gasteiger partial charge on any atom is 0.254 e. The van der Waals surface area contributed by atoms with Gasteiger partial charge < -0.3 is 10.6 Å². The Kier molecular flexibility index (Phi) is 8.16. The number of rotatable bonds is 7. The van der Waals surface area contributed by atoms with E-state index in [4.69, 9.17) is 33.8 Å². The monoisotopic (exact) mass is 566 g/mol. The Bertz CT molecular complexity index is 1390. The molecule has 4 atom stereocenters. The van der Waals surface area contributed by atoms with Crippen LogP contribution in [0.15, 0.2) is 66.9 Å². The van der Waals surface area contributed by atoms with E-state index in [9.17, 15) is 14.4 Å². The minimum Gasteiger partial charge on any atom is -0.369 e. The molecule has 10 heteroatoms. The maximum atomic E-state index is 14.1. The van der Waals surface area contributed by atoms with E-state index in [2.05, 4.69) is 10.5 Å². The SMILES string of the molecule is NC(=O)[C@H]1CCCCC1N1C(=O)c2ccccc2C(C(=O)NOCc2ccccn2)C1c1ccc(Cl)cc1Cl. The maximum absolute atomic E-state index is 14.1. The normalized spacial score (nSPS) is 22.7. The number of hydroxylamine groups is 1. The summed E-state index contributed by atoms with van der Waals surface area (Å²) in [6, 6.07) is 16.0. The largest absolute Gasteiger partial charge is 0.369 e. The lowest BCUT2D eigenvalue weighted by Gasteiger charge is -2.48. The Morgan fingerprint density at radius 1 is 1.03 bits per heavy atom. The van der Waals surface area contributed by atoms with E-state index in [1.165, 1.54) is 0 Å². The molecular weight excluding hydrogens is 539 g/mol. The molecule has 1 fully saturated rings. The summed E-state index contributed by atoms with van der Waals surface area (Å²) in [7, 11) is 0. The highest BCUT2D eigenvalue weighted by Gasteiger charge is 2.50. The van der Waals surface area contributed by atoms with Crippen molar-refractivity contribution in [1.29, 1.82) is 0 Å². The lowest BCUT2D eigenvalue weighted by molar-refractivity contribution is -0.138. The van der Waals surface area contributed by atoms with Crippen LogP contribution in [0.5, 0.6) is 0 Å². The average molecular weight is 567 g/mol. The summed E-state index contributed by atoms with van der Waals surface area (Å²) in [6.45, 7) is 0.0579. The second kappa shape index (κ2) is 11.7. The number of nitrogens with two attached hydrogens (primary N) is 1. The van der Waals surface area contributed by atoms with Gasteiger partial charge in [0, 0.05) is 27.8 Å². The molecule has 2 aromatic carbocycles. The highest BCUT2D eigenvalue weighted by atomic mass is 35.5. The van der Waals surface area contributed by atoms with Gasteiger partial charge in [0.2, 0.25) is 5.91 Å². The lowest BCUT2D eigenvalue weighted by Crippen LogP contribution is -2.56. The van der Waals surface area contributed by atoms with Gasteiger partial charge in [0.15, 0.2) is 0 Å². The molecule has 0 radical (unpaired) electrons. The first-order chi connectivity index (χ1) is 18.9. The van der Waals surface area contributed by atoms with E-state index >= 15 is 0 Å². The van der Waals surface area contributed by atoms with E-state index in [-0.39, 0.29) is 12.5 Å². The molecule has 3 aromatic rings. The second-order valence-electron chi connectivity index (χ2n) is 9.82. The van der Waals surface area contributed by atoms with Crippen molar-refractivity contribution in [3.05, 3.63) is 99.3 Å². The van der Waals surface area contributed by atoms with Gasteiger partial charge in [-0.1, -0.05) is 66.4 Å². The highest BCUT2D eigenvalue weighted by molar-refractivity contribution is 6.35. The lowest BCUT2D eigenvalue weighted by atomic mass is 9.75. The third kappa shape index (κ3) is 5.50. The number of benzene rings is 2. The van der Waals surface area contributed by atoms with Crippen molar-refractivity contribution in [1.82, 2.24) is 15.4 Å². The van der Waals surface area contributed by atoms with E-state index in [1.807, 2.05) is 6.07 Å². The molecule has 8 nitrogen and oxygen atoms in total. The number of nitrogens with one attached hydrogen (secondary N) is 1. The van der Waals surface area contributed by atoms with Gasteiger partial charge in [-0.3, -0.25) is 24.2 Å².